The summed E-state index contributed by atoms with van der Waals surface area (Å²) < 4.78 is 36.3. The minimum atomic E-state index is -4.79. The summed E-state index contributed by atoms with van der Waals surface area (Å²) in [6.07, 6.45) is -4.37. The lowest BCUT2D eigenvalue weighted by Gasteiger charge is -2.19. The Morgan fingerprint density at radius 3 is 2.41 bits per heavy atom. The Morgan fingerprint density at radius 2 is 1.88 bits per heavy atom. The van der Waals surface area contributed by atoms with Crippen molar-refractivity contribution in [3.05, 3.63) is 35.4 Å². The lowest BCUT2D eigenvalue weighted by molar-refractivity contribution is -0.184. The fourth-order valence-corrected chi connectivity index (χ4v) is 1.50. The number of hydrogen-bond donors (Lipinski definition) is 0. The van der Waals surface area contributed by atoms with Crippen LogP contribution in [-0.2, 0) is 11.2 Å². The first-order valence-electron chi connectivity index (χ1n) is 5.19. The zero-order valence-electron chi connectivity index (χ0n) is 9.71. The van der Waals surface area contributed by atoms with Crippen molar-refractivity contribution < 1.29 is 18.0 Å². The summed E-state index contributed by atoms with van der Waals surface area (Å²) in [6.45, 7) is 1.95. The maximum atomic E-state index is 12.1. The van der Waals surface area contributed by atoms with Gasteiger partial charge in [-0.1, -0.05) is 24.3 Å². The van der Waals surface area contributed by atoms with Gasteiger partial charge in [0.2, 0.25) is 0 Å². The van der Waals surface area contributed by atoms with E-state index in [0.717, 1.165) is 18.2 Å². The normalized spacial score (nSPS) is 11.4. The van der Waals surface area contributed by atoms with E-state index in [1.165, 1.54) is 0 Å². The second-order valence-electron chi connectivity index (χ2n) is 3.90. The van der Waals surface area contributed by atoms with E-state index in [2.05, 4.69) is 0 Å². The first kappa shape index (κ1) is 13.5. The fourth-order valence-electron chi connectivity index (χ4n) is 1.50. The fraction of sp³-hybridized carbons (Fsp3) is 0.417. The number of halogens is 3. The second kappa shape index (κ2) is 5.21. The maximum Gasteiger partial charge on any atom is 0.471 e. The number of nitrogens with zero attached hydrogens (tertiary/aromatic N) is 1. The van der Waals surface area contributed by atoms with Crippen molar-refractivity contribution in [1.29, 1.82) is 0 Å². The van der Waals surface area contributed by atoms with Crippen LogP contribution in [0.2, 0.25) is 0 Å². The average Bonchev–Trinajstić information content (AvgIpc) is 2.25. The minimum absolute atomic E-state index is 0.0587. The van der Waals surface area contributed by atoms with Gasteiger partial charge in [0.25, 0.3) is 0 Å². The van der Waals surface area contributed by atoms with Gasteiger partial charge in [-0.15, -0.1) is 0 Å². The van der Waals surface area contributed by atoms with Gasteiger partial charge in [0.1, 0.15) is 0 Å². The van der Waals surface area contributed by atoms with E-state index in [-0.39, 0.29) is 6.54 Å². The Bertz CT molecular complexity index is 401. The van der Waals surface area contributed by atoms with Crippen molar-refractivity contribution >= 4 is 5.91 Å². The molecule has 0 radical (unpaired) electrons. The van der Waals surface area contributed by atoms with Crippen LogP contribution in [0.3, 0.4) is 0 Å². The Labute approximate surface area is 98.0 Å². The van der Waals surface area contributed by atoms with Gasteiger partial charge in [-0.3, -0.25) is 4.79 Å². The van der Waals surface area contributed by atoms with Crippen LogP contribution in [0.1, 0.15) is 11.1 Å². The Morgan fingerprint density at radius 1 is 1.29 bits per heavy atom. The van der Waals surface area contributed by atoms with E-state index in [1.807, 2.05) is 31.2 Å². The zero-order chi connectivity index (χ0) is 13.1. The lowest BCUT2D eigenvalue weighted by atomic mass is 10.1. The average molecular weight is 245 g/mol. The van der Waals surface area contributed by atoms with Gasteiger partial charge >= 0.3 is 12.1 Å². The highest BCUT2D eigenvalue weighted by Gasteiger charge is 2.40. The molecule has 0 spiro atoms. The van der Waals surface area contributed by atoms with Crippen LogP contribution < -0.4 is 0 Å². The third-order valence-corrected chi connectivity index (χ3v) is 2.57. The molecular formula is C12H14F3NO. The van der Waals surface area contributed by atoms with Crippen molar-refractivity contribution in [2.45, 2.75) is 19.5 Å². The highest BCUT2D eigenvalue weighted by Crippen LogP contribution is 2.18. The summed E-state index contributed by atoms with van der Waals surface area (Å²) in [6, 6.07) is 7.43. The van der Waals surface area contributed by atoms with Crippen molar-refractivity contribution in [3.63, 3.8) is 0 Å². The van der Waals surface area contributed by atoms with E-state index in [0.29, 0.717) is 11.3 Å². The molecule has 17 heavy (non-hydrogen) atoms. The SMILES string of the molecule is Cc1ccccc1CCN(C)C(=O)C(F)(F)F. The molecule has 0 fully saturated rings. The molecule has 1 rings (SSSR count). The molecule has 2 nitrogen and oxygen atoms in total. The van der Waals surface area contributed by atoms with Crippen molar-refractivity contribution in [2.24, 2.45) is 0 Å². The summed E-state index contributed by atoms with van der Waals surface area (Å²) in [5, 5.41) is 0. The number of alkyl halides is 3. The molecule has 0 saturated carbocycles. The number of carbonyl (C=O) groups is 1. The predicted molar refractivity (Wildman–Crippen MR) is 58.6 cm³/mol. The third kappa shape index (κ3) is 3.76. The quantitative estimate of drug-likeness (QED) is 0.801. The summed E-state index contributed by atoms with van der Waals surface area (Å²) in [5.74, 6) is -1.80. The number of aryl methyl sites for hydroxylation is 1. The van der Waals surface area contributed by atoms with Crippen LogP contribution in [0.5, 0.6) is 0 Å². The van der Waals surface area contributed by atoms with Gasteiger partial charge in [-0.2, -0.15) is 13.2 Å². The minimum Gasteiger partial charge on any atom is -0.338 e. The monoisotopic (exact) mass is 245 g/mol. The highest BCUT2D eigenvalue weighted by molar-refractivity contribution is 5.81. The molecule has 94 valence electrons. The highest BCUT2D eigenvalue weighted by atomic mass is 19.4. The summed E-state index contributed by atoms with van der Waals surface area (Å²) >= 11 is 0. The molecule has 0 saturated heterocycles. The number of rotatable bonds is 3. The molecule has 0 aliphatic heterocycles. The first-order chi connectivity index (χ1) is 7.82. The molecule has 5 heteroatoms. The van der Waals surface area contributed by atoms with E-state index < -0.39 is 12.1 Å². The summed E-state index contributed by atoms with van der Waals surface area (Å²) in [4.78, 5) is 11.6. The Balaban J connectivity index is 2.58. The molecule has 0 atom stereocenters. The third-order valence-electron chi connectivity index (χ3n) is 2.57. The molecular weight excluding hydrogens is 231 g/mol. The van der Waals surface area contributed by atoms with Crippen LogP contribution in [0.4, 0.5) is 13.2 Å². The lowest BCUT2D eigenvalue weighted by Crippen LogP contribution is -2.39. The largest absolute Gasteiger partial charge is 0.471 e. The molecule has 0 heterocycles. The van der Waals surface area contributed by atoms with Crippen molar-refractivity contribution in [2.75, 3.05) is 13.6 Å². The summed E-state index contributed by atoms with van der Waals surface area (Å²) in [7, 11) is 1.16. The Kier molecular flexibility index (Phi) is 4.15. The van der Waals surface area contributed by atoms with Crippen molar-refractivity contribution in [3.8, 4) is 0 Å². The number of likely N-dealkylation sites (N-methyl/N-ethyl adjacent to an activating group) is 1. The molecule has 1 amide bonds. The van der Waals surface area contributed by atoms with Crippen LogP contribution in [0.25, 0.3) is 0 Å². The molecule has 0 unspecified atom stereocenters. The zero-order valence-corrected chi connectivity index (χ0v) is 9.71. The van der Waals surface area contributed by atoms with Crippen molar-refractivity contribution in [1.82, 2.24) is 4.90 Å². The molecule has 0 aromatic heterocycles. The van der Waals surface area contributed by atoms with E-state index >= 15 is 0 Å². The molecule has 0 aliphatic rings. The smallest absolute Gasteiger partial charge is 0.338 e. The number of hydrogen-bond acceptors (Lipinski definition) is 1. The van der Waals surface area contributed by atoms with Crippen LogP contribution in [0.15, 0.2) is 24.3 Å². The summed E-state index contributed by atoms with van der Waals surface area (Å²) in [5.41, 5.74) is 1.97. The Hall–Kier alpha value is -1.52. The molecule has 0 N–H and O–H groups in total. The van der Waals surface area contributed by atoms with Gasteiger partial charge in [0.15, 0.2) is 0 Å². The van der Waals surface area contributed by atoms with Crippen LogP contribution in [0, 0.1) is 6.92 Å². The second-order valence-corrected chi connectivity index (χ2v) is 3.90. The van der Waals surface area contributed by atoms with Gasteiger partial charge in [0, 0.05) is 13.6 Å². The predicted octanol–water partition coefficient (Wildman–Crippen LogP) is 2.56. The first-order valence-corrected chi connectivity index (χ1v) is 5.19. The van der Waals surface area contributed by atoms with Crippen LogP contribution >= 0.6 is 0 Å². The van der Waals surface area contributed by atoms with Gasteiger partial charge in [-0.05, 0) is 24.5 Å². The maximum absolute atomic E-state index is 12.1. The standard InChI is InChI=1S/C12H14F3NO/c1-9-5-3-4-6-10(9)7-8-16(2)11(17)12(13,14)15/h3-6H,7-8H2,1-2H3. The van der Waals surface area contributed by atoms with E-state index in [9.17, 15) is 18.0 Å². The van der Waals surface area contributed by atoms with Crippen LogP contribution in [-0.4, -0.2) is 30.6 Å². The van der Waals surface area contributed by atoms with Gasteiger partial charge in [0.05, 0.1) is 0 Å². The van der Waals surface area contributed by atoms with Gasteiger partial charge in [-0.25, -0.2) is 0 Å². The molecule has 0 aliphatic carbocycles. The molecule has 0 bridgehead atoms. The van der Waals surface area contributed by atoms with Gasteiger partial charge < -0.3 is 4.90 Å². The van der Waals surface area contributed by atoms with E-state index in [1.54, 1.807) is 0 Å². The number of benzene rings is 1. The number of amides is 1. The van der Waals surface area contributed by atoms with E-state index in [4.69, 9.17) is 0 Å². The molecule has 1 aromatic rings. The number of carbonyl (C=O) groups excluding carboxylic acids is 1. The molecule has 1 aromatic carbocycles. The topological polar surface area (TPSA) is 20.3 Å².